The molecule has 2 N–H and O–H groups in total. The summed E-state index contributed by atoms with van der Waals surface area (Å²) in [6.45, 7) is -0.529. The van der Waals surface area contributed by atoms with Crippen LogP contribution < -0.4 is 0 Å². The first-order valence-electron chi connectivity index (χ1n) is 1.62. The molecule has 0 saturated heterocycles. The summed E-state index contributed by atoms with van der Waals surface area (Å²) in [5, 5.41) is 7.86. The van der Waals surface area contributed by atoms with Crippen LogP contribution in [0.25, 0.3) is 0 Å². The third-order valence-electron chi connectivity index (χ3n) is 0.349. The van der Waals surface area contributed by atoms with Crippen molar-refractivity contribution in [2.45, 2.75) is 0 Å². The number of aliphatic hydroxyl groups is 1. The zero-order chi connectivity index (χ0) is 5.91. The van der Waals surface area contributed by atoms with Crippen molar-refractivity contribution in [2.24, 2.45) is 0 Å². The quantitative estimate of drug-likeness (QED) is 0.375. The maximum atomic E-state index is 9.63. The van der Waals surface area contributed by atoms with Crippen molar-refractivity contribution < 1.29 is 18.1 Å². The molecule has 6 heteroatoms. The number of hydrogen-bond acceptors (Lipinski definition) is 3. The maximum absolute atomic E-state index is 9.63. The molecule has 0 aromatic heterocycles. The molecule has 0 radical (unpaired) electrons. The molecule has 8 heavy (non-hydrogen) atoms. The third kappa shape index (κ3) is 10.5. The average Bonchev–Trinajstić information content (AvgIpc) is 1.30. The Bertz CT molecular complexity index is 127. The van der Waals surface area contributed by atoms with Crippen LogP contribution in [0.2, 0.25) is 0 Å². The Morgan fingerprint density at radius 1 is 1.38 bits per heavy atom. The zero-order valence-electron chi connectivity index (χ0n) is 3.53. The van der Waals surface area contributed by atoms with Gasteiger partial charge in [-0.2, -0.15) is 8.42 Å². The molecule has 0 aliphatic carbocycles. The van der Waals surface area contributed by atoms with Crippen molar-refractivity contribution in [3.63, 3.8) is 0 Å². The van der Waals surface area contributed by atoms with Crippen LogP contribution in [0.4, 0.5) is 0 Å². The SMILES string of the molecule is O=S(=O)(O)CCO.[KH]. The molecule has 0 fully saturated rings. The second kappa shape index (κ2) is 5.30. The van der Waals surface area contributed by atoms with Gasteiger partial charge in [0.15, 0.2) is 0 Å². The summed E-state index contributed by atoms with van der Waals surface area (Å²) in [6, 6.07) is 0. The Morgan fingerprint density at radius 2 is 1.75 bits per heavy atom. The Labute approximate surface area is 90.4 Å². The molecule has 0 spiro atoms. The standard InChI is InChI=1S/C2H6O4S.K.H/c3-1-2-7(4,5)6;;/h3H,1-2H2,(H,4,5,6);;. The van der Waals surface area contributed by atoms with Crippen LogP contribution in [0.5, 0.6) is 0 Å². The van der Waals surface area contributed by atoms with Gasteiger partial charge in [0, 0.05) is 0 Å². The Morgan fingerprint density at radius 3 is 1.75 bits per heavy atom. The van der Waals surface area contributed by atoms with Crippen molar-refractivity contribution >= 4 is 61.5 Å². The van der Waals surface area contributed by atoms with E-state index in [0.717, 1.165) is 0 Å². The van der Waals surface area contributed by atoms with Gasteiger partial charge in [-0.1, -0.05) is 0 Å². The second-order valence-corrected chi connectivity index (χ2v) is 2.58. The van der Waals surface area contributed by atoms with Crippen molar-refractivity contribution in [1.29, 1.82) is 0 Å². The summed E-state index contributed by atoms with van der Waals surface area (Å²) in [7, 11) is -3.92. The van der Waals surface area contributed by atoms with Crippen LogP contribution in [0.3, 0.4) is 0 Å². The van der Waals surface area contributed by atoms with E-state index in [4.69, 9.17) is 9.66 Å². The molecule has 0 rings (SSSR count). The van der Waals surface area contributed by atoms with Crippen molar-refractivity contribution in [3.05, 3.63) is 0 Å². The first-order chi connectivity index (χ1) is 3.06. The van der Waals surface area contributed by atoms with Crippen LogP contribution in [0.15, 0.2) is 0 Å². The molecule has 0 heterocycles. The van der Waals surface area contributed by atoms with Crippen LogP contribution in [0, 0.1) is 0 Å². The van der Waals surface area contributed by atoms with Gasteiger partial charge in [0.2, 0.25) is 0 Å². The number of rotatable bonds is 2. The van der Waals surface area contributed by atoms with Crippen LogP contribution >= 0.6 is 0 Å². The fourth-order valence-corrected chi connectivity index (χ4v) is 0.346. The minimum absolute atomic E-state index is 0. The fourth-order valence-electron chi connectivity index (χ4n) is 0.115. The molecular weight excluding hydrogens is 159 g/mol. The normalized spacial score (nSPS) is 10.2. The molecule has 0 aromatic rings. The van der Waals surface area contributed by atoms with Gasteiger partial charge in [0.05, 0.1) is 12.4 Å². The van der Waals surface area contributed by atoms with E-state index < -0.39 is 22.5 Å². The van der Waals surface area contributed by atoms with Gasteiger partial charge in [-0.25, -0.2) is 0 Å². The summed E-state index contributed by atoms with van der Waals surface area (Å²) >= 11 is 0. The van der Waals surface area contributed by atoms with Gasteiger partial charge in [-0.3, -0.25) is 4.55 Å². The summed E-state index contributed by atoms with van der Waals surface area (Å²) in [6.07, 6.45) is 0. The molecule has 0 amide bonds. The summed E-state index contributed by atoms with van der Waals surface area (Å²) < 4.78 is 27.1. The summed E-state index contributed by atoms with van der Waals surface area (Å²) in [4.78, 5) is 0. The summed E-state index contributed by atoms with van der Waals surface area (Å²) in [5.74, 6) is -0.576. The van der Waals surface area contributed by atoms with E-state index in [1.54, 1.807) is 0 Å². The Hall–Kier alpha value is 1.51. The van der Waals surface area contributed by atoms with Crippen LogP contribution in [0.1, 0.15) is 0 Å². The molecule has 0 bridgehead atoms. The van der Waals surface area contributed by atoms with Crippen LogP contribution in [-0.4, -0.2) is 81.8 Å². The average molecular weight is 166 g/mol. The zero-order valence-corrected chi connectivity index (χ0v) is 4.35. The van der Waals surface area contributed by atoms with Crippen LogP contribution in [-0.2, 0) is 10.1 Å². The van der Waals surface area contributed by atoms with E-state index in [-0.39, 0.29) is 51.4 Å². The first-order valence-corrected chi connectivity index (χ1v) is 3.23. The molecule has 0 aliphatic heterocycles. The van der Waals surface area contributed by atoms with E-state index in [1.165, 1.54) is 0 Å². The molecule has 0 atom stereocenters. The van der Waals surface area contributed by atoms with E-state index in [2.05, 4.69) is 0 Å². The number of aliphatic hydroxyl groups excluding tert-OH is 1. The first kappa shape index (κ1) is 12.2. The van der Waals surface area contributed by atoms with Gasteiger partial charge >= 0.3 is 51.4 Å². The summed E-state index contributed by atoms with van der Waals surface area (Å²) in [5.41, 5.74) is 0. The molecule has 46 valence electrons. The third-order valence-corrected chi connectivity index (χ3v) is 1.05. The number of hydrogen-bond donors (Lipinski definition) is 2. The molecule has 0 aliphatic rings. The predicted octanol–water partition coefficient (Wildman–Crippen LogP) is -1.78. The molecule has 0 unspecified atom stereocenters. The Balaban J connectivity index is 0. The van der Waals surface area contributed by atoms with E-state index >= 15 is 0 Å². The van der Waals surface area contributed by atoms with Gasteiger partial charge < -0.3 is 5.11 Å². The molecule has 0 saturated carbocycles. The molecule has 0 aromatic carbocycles. The monoisotopic (exact) mass is 166 g/mol. The fraction of sp³-hybridized carbons (Fsp3) is 1.00. The van der Waals surface area contributed by atoms with Gasteiger partial charge in [0.1, 0.15) is 0 Å². The van der Waals surface area contributed by atoms with E-state index in [0.29, 0.717) is 0 Å². The van der Waals surface area contributed by atoms with Gasteiger partial charge in [-0.15, -0.1) is 0 Å². The predicted molar refractivity (Wildman–Crippen MR) is 30.7 cm³/mol. The molecule has 4 nitrogen and oxygen atoms in total. The van der Waals surface area contributed by atoms with E-state index in [9.17, 15) is 8.42 Å². The van der Waals surface area contributed by atoms with Crippen molar-refractivity contribution in [2.75, 3.05) is 12.4 Å². The van der Waals surface area contributed by atoms with Gasteiger partial charge in [-0.05, 0) is 0 Å². The van der Waals surface area contributed by atoms with Crippen molar-refractivity contribution in [3.8, 4) is 0 Å². The van der Waals surface area contributed by atoms with Crippen molar-refractivity contribution in [1.82, 2.24) is 0 Å². The topological polar surface area (TPSA) is 74.6 Å². The van der Waals surface area contributed by atoms with E-state index in [1.807, 2.05) is 0 Å². The molecular formula is C2H7KO4S. The minimum atomic E-state index is -3.92. The second-order valence-electron chi connectivity index (χ2n) is 1.01. The Kier molecular flexibility index (Phi) is 8.09. The van der Waals surface area contributed by atoms with Gasteiger partial charge in [0.25, 0.3) is 10.1 Å².